The van der Waals surface area contributed by atoms with E-state index in [9.17, 15) is 9.90 Å². The first kappa shape index (κ1) is 19.5. The summed E-state index contributed by atoms with van der Waals surface area (Å²) in [5.41, 5.74) is 0. The van der Waals surface area contributed by atoms with E-state index >= 15 is 0 Å². The van der Waals surface area contributed by atoms with Gasteiger partial charge in [0, 0.05) is 6.04 Å². The Kier molecular flexibility index (Phi) is 10.9. The molecule has 0 aromatic heterocycles. The molecule has 0 heterocycles. The number of carbonyl (C=O) groups is 1. The second-order valence-corrected chi connectivity index (χ2v) is 5.85. The van der Waals surface area contributed by atoms with E-state index in [4.69, 9.17) is 0 Å². The first-order valence-electron chi connectivity index (χ1n) is 7.75. The van der Waals surface area contributed by atoms with Gasteiger partial charge in [-0.3, -0.25) is 4.79 Å². The lowest BCUT2D eigenvalue weighted by Gasteiger charge is -2.30. The number of hydrogen-bond donors (Lipinski definition) is 2. The van der Waals surface area contributed by atoms with Crippen molar-refractivity contribution in [2.45, 2.75) is 76.8 Å². The number of carboxylic acids is 1. The summed E-state index contributed by atoms with van der Waals surface area (Å²) in [7, 11) is 0. The molecule has 2 N–H and O–H groups in total. The first-order chi connectivity index (χ1) is 9.15. The van der Waals surface area contributed by atoms with Crippen LogP contribution in [0, 0.1) is 5.92 Å². The predicted octanol–water partition coefficient (Wildman–Crippen LogP) is 4.17. The van der Waals surface area contributed by atoms with Crippen LogP contribution in [0.15, 0.2) is 12.7 Å². The van der Waals surface area contributed by atoms with Crippen LogP contribution in [0.25, 0.3) is 0 Å². The summed E-state index contributed by atoms with van der Waals surface area (Å²) in [4.78, 5) is 11.4. The normalized spacial score (nSPS) is 18.9. The van der Waals surface area contributed by atoms with Crippen LogP contribution in [0.2, 0.25) is 0 Å². The van der Waals surface area contributed by atoms with Gasteiger partial charge in [-0.1, -0.05) is 31.8 Å². The van der Waals surface area contributed by atoms with E-state index in [0.717, 1.165) is 38.5 Å². The zero-order valence-electron chi connectivity index (χ0n) is 12.6. The highest BCUT2D eigenvalue weighted by molar-refractivity contribution is 5.85. The first-order valence-corrected chi connectivity index (χ1v) is 7.75. The number of unbranched alkanes of at least 4 members (excludes halogenated alkanes) is 2. The second kappa shape index (κ2) is 11.2. The minimum Gasteiger partial charge on any atom is -0.480 e. The molecule has 1 fully saturated rings. The Morgan fingerprint density at radius 2 is 2.00 bits per heavy atom. The van der Waals surface area contributed by atoms with E-state index in [1.165, 1.54) is 19.3 Å². The molecule has 4 heteroatoms. The lowest BCUT2D eigenvalue weighted by molar-refractivity contribution is -0.141. The summed E-state index contributed by atoms with van der Waals surface area (Å²) in [5, 5.41) is 12.7. The molecule has 1 saturated carbocycles. The second-order valence-electron chi connectivity index (χ2n) is 5.85. The average Bonchev–Trinajstić information content (AvgIpc) is 2.41. The van der Waals surface area contributed by atoms with Crippen molar-refractivity contribution in [3.8, 4) is 0 Å². The van der Waals surface area contributed by atoms with Gasteiger partial charge in [-0.15, -0.1) is 19.0 Å². The molecular weight excluding hydrogens is 274 g/mol. The molecule has 1 aliphatic rings. The summed E-state index contributed by atoms with van der Waals surface area (Å²) >= 11 is 0. The van der Waals surface area contributed by atoms with E-state index in [1.54, 1.807) is 0 Å². The van der Waals surface area contributed by atoms with Crippen molar-refractivity contribution in [3.63, 3.8) is 0 Å². The third kappa shape index (κ3) is 7.30. The number of halogens is 1. The van der Waals surface area contributed by atoms with Crippen molar-refractivity contribution in [1.82, 2.24) is 5.32 Å². The molecule has 0 aromatic carbocycles. The van der Waals surface area contributed by atoms with Crippen LogP contribution in [0.1, 0.15) is 64.7 Å². The fraction of sp³-hybridized carbons (Fsp3) is 0.812. The van der Waals surface area contributed by atoms with E-state index in [0.29, 0.717) is 5.92 Å². The fourth-order valence-corrected chi connectivity index (χ4v) is 3.01. The Hall–Kier alpha value is -0.540. The highest BCUT2D eigenvalue weighted by Crippen LogP contribution is 2.27. The molecule has 0 amide bonds. The van der Waals surface area contributed by atoms with Crippen LogP contribution in [0.4, 0.5) is 0 Å². The molecule has 2 atom stereocenters. The molecule has 0 spiro atoms. The minimum atomic E-state index is -0.676. The number of allylic oxidation sites excluding steroid dienone is 1. The summed E-state index contributed by atoms with van der Waals surface area (Å²) < 4.78 is 0. The molecule has 0 unspecified atom stereocenters. The van der Waals surface area contributed by atoms with Crippen molar-refractivity contribution in [1.29, 1.82) is 0 Å². The summed E-state index contributed by atoms with van der Waals surface area (Å²) in [5.74, 6) is -0.355. The van der Waals surface area contributed by atoms with Gasteiger partial charge in [0.05, 0.1) is 0 Å². The van der Waals surface area contributed by atoms with E-state index in [2.05, 4.69) is 18.8 Å². The van der Waals surface area contributed by atoms with Gasteiger partial charge in [0.1, 0.15) is 6.04 Å². The molecule has 118 valence electrons. The van der Waals surface area contributed by atoms with Gasteiger partial charge < -0.3 is 10.4 Å². The minimum absolute atomic E-state index is 0. The zero-order valence-corrected chi connectivity index (χ0v) is 13.5. The molecule has 0 aliphatic heterocycles. The van der Waals surface area contributed by atoms with Crippen LogP contribution >= 0.6 is 12.4 Å². The van der Waals surface area contributed by atoms with Crippen molar-refractivity contribution in [2.24, 2.45) is 5.92 Å². The molecule has 0 saturated heterocycles. The van der Waals surface area contributed by atoms with Crippen molar-refractivity contribution in [2.75, 3.05) is 0 Å². The maximum absolute atomic E-state index is 11.4. The molecule has 1 aliphatic carbocycles. The van der Waals surface area contributed by atoms with Crippen LogP contribution < -0.4 is 5.32 Å². The fourth-order valence-electron chi connectivity index (χ4n) is 3.01. The maximum Gasteiger partial charge on any atom is 0.320 e. The summed E-state index contributed by atoms with van der Waals surface area (Å²) in [6, 6.07) is -0.0671. The lowest BCUT2D eigenvalue weighted by atomic mass is 9.83. The van der Waals surface area contributed by atoms with Gasteiger partial charge in [0.15, 0.2) is 0 Å². The molecule has 3 nitrogen and oxygen atoms in total. The molecular formula is C16H30ClNO2. The molecule has 0 radical (unpaired) electrons. The number of nitrogens with one attached hydrogen (secondary N) is 1. The van der Waals surface area contributed by atoms with Crippen LogP contribution in [-0.4, -0.2) is 23.2 Å². The van der Waals surface area contributed by atoms with E-state index in [1.807, 2.05) is 6.08 Å². The monoisotopic (exact) mass is 303 g/mol. The Bertz CT molecular complexity index is 278. The quantitative estimate of drug-likeness (QED) is 0.496. The summed E-state index contributed by atoms with van der Waals surface area (Å²) in [6.45, 7) is 5.82. The van der Waals surface area contributed by atoms with Crippen molar-refractivity contribution >= 4 is 18.4 Å². The van der Waals surface area contributed by atoms with E-state index in [-0.39, 0.29) is 24.5 Å². The predicted molar refractivity (Wildman–Crippen MR) is 86.5 cm³/mol. The van der Waals surface area contributed by atoms with Crippen LogP contribution in [0.3, 0.4) is 0 Å². The van der Waals surface area contributed by atoms with Gasteiger partial charge >= 0.3 is 5.97 Å². The highest BCUT2D eigenvalue weighted by Gasteiger charge is 2.29. The van der Waals surface area contributed by atoms with Gasteiger partial charge in [-0.25, -0.2) is 0 Å². The molecule has 20 heavy (non-hydrogen) atoms. The lowest BCUT2D eigenvalue weighted by Crippen LogP contribution is -2.47. The zero-order chi connectivity index (χ0) is 14.1. The molecule has 0 bridgehead atoms. The smallest absolute Gasteiger partial charge is 0.320 e. The Morgan fingerprint density at radius 3 is 2.55 bits per heavy atom. The number of hydrogen-bond acceptors (Lipinski definition) is 2. The van der Waals surface area contributed by atoms with Gasteiger partial charge in [0.25, 0.3) is 0 Å². The number of aliphatic carboxylic acids is 1. The van der Waals surface area contributed by atoms with Crippen molar-refractivity contribution in [3.05, 3.63) is 12.7 Å². The Labute approximate surface area is 129 Å². The standard InChI is InChI=1S/C16H29NO2.ClH/c1-3-4-5-7-10-13(2)17-15(16(18)19)14-11-8-6-9-12-14;/h3,13-15,17H,1,4-12H2,2H3,(H,18,19);1H/t13-,15-;/m0./s1. The SMILES string of the molecule is C=CCCCC[C@H](C)N[C@H](C(=O)O)C1CCCCC1.Cl. The average molecular weight is 304 g/mol. The molecule has 1 rings (SSSR count). The topological polar surface area (TPSA) is 49.3 Å². The highest BCUT2D eigenvalue weighted by atomic mass is 35.5. The maximum atomic E-state index is 11.4. The van der Waals surface area contributed by atoms with Gasteiger partial charge in [-0.2, -0.15) is 0 Å². The number of rotatable bonds is 9. The van der Waals surface area contributed by atoms with Crippen LogP contribution in [0.5, 0.6) is 0 Å². The van der Waals surface area contributed by atoms with Gasteiger partial charge in [0.2, 0.25) is 0 Å². The summed E-state index contributed by atoms with van der Waals surface area (Å²) in [6.07, 6.45) is 12.1. The van der Waals surface area contributed by atoms with Crippen molar-refractivity contribution < 1.29 is 9.90 Å². The third-order valence-corrected chi connectivity index (χ3v) is 4.15. The van der Waals surface area contributed by atoms with Gasteiger partial charge in [-0.05, 0) is 44.9 Å². The number of carboxylic acid groups (broad SMARTS) is 1. The van der Waals surface area contributed by atoms with E-state index < -0.39 is 5.97 Å². The largest absolute Gasteiger partial charge is 0.480 e. The van der Waals surface area contributed by atoms with Crippen LogP contribution in [-0.2, 0) is 4.79 Å². The molecule has 0 aromatic rings. The Balaban J connectivity index is 0.00000361. The Morgan fingerprint density at radius 1 is 1.35 bits per heavy atom. The third-order valence-electron chi connectivity index (χ3n) is 4.15.